The standard InChI is InChI=1S/C21H20FN3O2S/c1-3-25(14(2)26)13-15-7-6-8-16(11-15)24-20(27)19-12-23-21(28-19)17-9-4-5-10-18(17)22/h4-12H,3,13H2,1-2H3,(H,24,27). The number of halogens is 1. The van der Waals surface area contributed by atoms with Crippen molar-refractivity contribution in [2.75, 3.05) is 11.9 Å². The quantitative estimate of drug-likeness (QED) is 0.663. The molecule has 0 aliphatic heterocycles. The molecule has 1 aromatic heterocycles. The molecule has 2 aromatic carbocycles. The predicted octanol–water partition coefficient (Wildman–Crippen LogP) is 4.57. The van der Waals surface area contributed by atoms with Gasteiger partial charge in [0, 0.05) is 31.3 Å². The molecule has 7 heteroatoms. The summed E-state index contributed by atoms with van der Waals surface area (Å²) in [4.78, 5) is 30.4. The van der Waals surface area contributed by atoms with Crippen LogP contribution in [0.25, 0.3) is 10.6 Å². The van der Waals surface area contributed by atoms with Crippen LogP contribution in [-0.2, 0) is 11.3 Å². The minimum absolute atomic E-state index is 0.00210. The Labute approximate surface area is 166 Å². The maximum Gasteiger partial charge on any atom is 0.267 e. The third kappa shape index (κ3) is 4.61. The summed E-state index contributed by atoms with van der Waals surface area (Å²) in [6.07, 6.45) is 1.44. The van der Waals surface area contributed by atoms with E-state index in [1.165, 1.54) is 19.2 Å². The van der Waals surface area contributed by atoms with Crippen molar-refractivity contribution >= 4 is 28.8 Å². The SMILES string of the molecule is CCN(Cc1cccc(NC(=O)c2cnc(-c3ccccc3F)s2)c1)C(C)=O. The Morgan fingerprint density at radius 3 is 2.68 bits per heavy atom. The lowest BCUT2D eigenvalue weighted by Gasteiger charge is -2.19. The van der Waals surface area contributed by atoms with E-state index < -0.39 is 0 Å². The van der Waals surface area contributed by atoms with Crippen molar-refractivity contribution in [3.05, 3.63) is 71.0 Å². The molecular weight excluding hydrogens is 377 g/mol. The Hall–Kier alpha value is -3.06. The van der Waals surface area contributed by atoms with Gasteiger partial charge >= 0.3 is 0 Å². The van der Waals surface area contributed by atoms with Crippen molar-refractivity contribution in [2.24, 2.45) is 0 Å². The number of nitrogens with one attached hydrogen (secondary N) is 1. The number of hydrogen-bond donors (Lipinski definition) is 1. The molecule has 0 saturated heterocycles. The molecule has 2 amide bonds. The van der Waals surface area contributed by atoms with E-state index in [4.69, 9.17) is 0 Å². The Bertz CT molecular complexity index is 1000. The molecular formula is C21H20FN3O2S. The summed E-state index contributed by atoms with van der Waals surface area (Å²) < 4.78 is 13.9. The van der Waals surface area contributed by atoms with E-state index in [1.54, 1.807) is 29.2 Å². The van der Waals surface area contributed by atoms with Gasteiger partial charge in [0.15, 0.2) is 0 Å². The molecule has 0 unspecified atom stereocenters. The van der Waals surface area contributed by atoms with Gasteiger partial charge in [0.1, 0.15) is 15.7 Å². The Morgan fingerprint density at radius 1 is 1.18 bits per heavy atom. The zero-order chi connectivity index (χ0) is 20.1. The molecule has 0 bridgehead atoms. The average Bonchev–Trinajstić information content (AvgIpc) is 3.16. The predicted molar refractivity (Wildman–Crippen MR) is 109 cm³/mol. The maximum absolute atomic E-state index is 13.9. The van der Waals surface area contributed by atoms with E-state index in [1.807, 2.05) is 25.1 Å². The number of rotatable bonds is 6. The number of anilines is 1. The second-order valence-electron chi connectivity index (χ2n) is 6.20. The first-order valence-electron chi connectivity index (χ1n) is 8.84. The number of nitrogens with zero attached hydrogens (tertiary/aromatic N) is 2. The van der Waals surface area contributed by atoms with E-state index in [2.05, 4.69) is 10.3 Å². The van der Waals surface area contributed by atoms with E-state index in [-0.39, 0.29) is 17.6 Å². The van der Waals surface area contributed by atoms with Crippen LogP contribution in [0.3, 0.4) is 0 Å². The molecule has 0 radical (unpaired) electrons. The molecule has 0 spiro atoms. The molecule has 1 N–H and O–H groups in total. The Kier molecular flexibility index (Phi) is 6.16. The van der Waals surface area contributed by atoms with E-state index in [0.717, 1.165) is 16.9 Å². The molecule has 5 nitrogen and oxygen atoms in total. The van der Waals surface area contributed by atoms with Gasteiger partial charge in [0.2, 0.25) is 5.91 Å². The van der Waals surface area contributed by atoms with Gasteiger partial charge in [-0.25, -0.2) is 9.37 Å². The number of carbonyl (C=O) groups excluding carboxylic acids is 2. The maximum atomic E-state index is 13.9. The summed E-state index contributed by atoms with van der Waals surface area (Å²) in [6.45, 7) is 4.55. The third-order valence-electron chi connectivity index (χ3n) is 4.22. The van der Waals surface area contributed by atoms with Crippen LogP contribution >= 0.6 is 11.3 Å². The van der Waals surface area contributed by atoms with Crippen molar-refractivity contribution in [3.8, 4) is 10.6 Å². The molecule has 28 heavy (non-hydrogen) atoms. The van der Waals surface area contributed by atoms with Crippen LogP contribution in [0, 0.1) is 5.82 Å². The van der Waals surface area contributed by atoms with E-state index in [9.17, 15) is 14.0 Å². The van der Waals surface area contributed by atoms with Crippen LogP contribution < -0.4 is 5.32 Å². The van der Waals surface area contributed by atoms with Crippen molar-refractivity contribution in [3.63, 3.8) is 0 Å². The summed E-state index contributed by atoms with van der Waals surface area (Å²) in [5, 5.41) is 3.29. The summed E-state index contributed by atoms with van der Waals surface area (Å²) in [7, 11) is 0. The fraction of sp³-hybridized carbons (Fsp3) is 0.190. The number of hydrogen-bond acceptors (Lipinski definition) is 4. The van der Waals surface area contributed by atoms with Crippen LogP contribution in [0.2, 0.25) is 0 Å². The first kappa shape index (κ1) is 19.7. The molecule has 0 fully saturated rings. The Morgan fingerprint density at radius 2 is 1.96 bits per heavy atom. The van der Waals surface area contributed by atoms with Crippen LogP contribution in [0.1, 0.15) is 29.1 Å². The monoisotopic (exact) mass is 397 g/mol. The second kappa shape index (κ2) is 8.75. The van der Waals surface area contributed by atoms with Crippen LogP contribution in [0.5, 0.6) is 0 Å². The van der Waals surface area contributed by atoms with Gasteiger partial charge in [-0.05, 0) is 36.8 Å². The van der Waals surface area contributed by atoms with Crippen molar-refractivity contribution < 1.29 is 14.0 Å². The highest BCUT2D eigenvalue weighted by Crippen LogP contribution is 2.27. The van der Waals surface area contributed by atoms with Crippen molar-refractivity contribution in [2.45, 2.75) is 20.4 Å². The van der Waals surface area contributed by atoms with Gasteiger partial charge in [-0.3, -0.25) is 9.59 Å². The molecule has 0 aliphatic carbocycles. The van der Waals surface area contributed by atoms with Crippen LogP contribution in [-0.4, -0.2) is 28.2 Å². The fourth-order valence-corrected chi connectivity index (χ4v) is 3.58. The number of benzene rings is 2. The van der Waals surface area contributed by atoms with Gasteiger partial charge in [-0.1, -0.05) is 24.3 Å². The summed E-state index contributed by atoms with van der Waals surface area (Å²) in [5.74, 6) is -0.680. The van der Waals surface area contributed by atoms with Crippen LogP contribution in [0.4, 0.5) is 10.1 Å². The Balaban J connectivity index is 1.73. The zero-order valence-corrected chi connectivity index (χ0v) is 16.4. The largest absolute Gasteiger partial charge is 0.339 e. The number of thiazole rings is 1. The highest BCUT2D eigenvalue weighted by molar-refractivity contribution is 7.17. The molecule has 144 valence electrons. The third-order valence-corrected chi connectivity index (χ3v) is 5.25. The second-order valence-corrected chi connectivity index (χ2v) is 7.23. The lowest BCUT2D eigenvalue weighted by atomic mass is 10.2. The van der Waals surface area contributed by atoms with Crippen LogP contribution in [0.15, 0.2) is 54.7 Å². The molecule has 0 saturated carbocycles. The van der Waals surface area contributed by atoms with E-state index >= 15 is 0 Å². The van der Waals surface area contributed by atoms with E-state index in [0.29, 0.717) is 34.2 Å². The minimum atomic E-state index is -0.373. The summed E-state index contributed by atoms with van der Waals surface area (Å²) in [5.41, 5.74) is 1.92. The zero-order valence-electron chi connectivity index (χ0n) is 15.6. The summed E-state index contributed by atoms with van der Waals surface area (Å²) >= 11 is 1.13. The fourth-order valence-electron chi connectivity index (χ4n) is 2.74. The van der Waals surface area contributed by atoms with Crippen molar-refractivity contribution in [1.82, 2.24) is 9.88 Å². The number of aromatic nitrogens is 1. The van der Waals surface area contributed by atoms with Gasteiger partial charge < -0.3 is 10.2 Å². The molecule has 0 aliphatic rings. The molecule has 0 atom stereocenters. The number of amides is 2. The van der Waals surface area contributed by atoms with Gasteiger partial charge in [-0.2, -0.15) is 0 Å². The smallest absolute Gasteiger partial charge is 0.267 e. The van der Waals surface area contributed by atoms with Crippen molar-refractivity contribution in [1.29, 1.82) is 0 Å². The van der Waals surface area contributed by atoms with Gasteiger partial charge in [-0.15, -0.1) is 11.3 Å². The molecule has 3 rings (SSSR count). The lowest BCUT2D eigenvalue weighted by molar-refractivity contribution is -0.129. The van der Waals surface area contributed by atoms with Gasteiger partial charge in [0.25, 0.3) is 5.91 Å². The normalized spacial score (nSPS) is 10.5. The first-order valence-corrected chi connectivity index (χ1v) is 9.66. The first-order chi connectivity index (χ1) is 13.5. The number of carbonyl (C=O) groups is 2. The highest BCUT2D eigenvalue weighted by Gasteiger charge is 2.14. The average molecular weight is 397 g/mol. The highest BCUT2D eigenvalue weighted by atomic mass is 32.1. The minimum Gasteiger partial charge on any atom is -0.339 e. The lowest BCUT2D eigenvalue weighted by Crippen LogP contribution is -2.27. The molecule has 3 aromatic rings. The topological polar surface area (TPSA) is 62.3 Å². The molecule has 1 heterocycles. The summed E-state index contributed by atoms with van der Waals surface area (Å²) in [6, 6.07) is 13.7. The van der Waals surface area contributed by atoms with Gasteiger partial charge in [0.05, 0.1) is 6.20 Å².